The van der Waals surface area contributed by atoms with Crippen LogP contribution in [-0.2, 0) is 14.3 Å². The fraction of sp³-hybridized carbons (Fsp3) is 0.421. The zero-order chi connectivity index (χ0) is 19.7. The number of benzene rings is 1. The molecule has 0 fully saturated rings. The molecule has 0 saturated heterocycles. The number of hydrogen-bond acceptors (Lipinski definition) is 4. The Morgan fingerprint density at radius 1 is 1.08 bits per heavy atom. The van der Waals surface area contributed by atoms with E-state index in [1.54, 1.807) is 51.1 Å². The maximum Gasteiger partial charge on any atom is 0.408 e. The Morgan fingerprint density at radius 3 is 2.19 bits per heavy atom. The van der Waals surface area contributed by atoms with Crippen molar-refractivity contribution < 1.29 is 19.1 Å². The van der Waals surface area contributed by atoms with Crippen LogP contribution in [0.15, 0.2) is 36.4 Å². The molecule has 0 aliphatic carbocycles. The lowest BCUT2D eigenvalue weighted by Gasteiger charge is -2.19. The number of anilines is 2. The van der Waals surface area contributed by atoms with Crippen LogP contribution in [0.1, 0.15) is 34.6 Å². The summed E-state index contributed by atoms with van der Waals surface area (Å²) in [6.45, 7) is 8.90. The first kappa shape index (κ1) is 21.2. The third-order valence-electron chi connectivity index (χ3n) is 2.88. The van der Waals surface area contributed by atoms with Gasteiger partial charge in [-0.1, -0.05) is 32.1 Å². The van der Waals surface area contributed by atoms with Gasteiger partial charge in [-0.25, -0.2) is 4.79 Å². The van der Waals surface area contributed by atoms with Crippen molar-refractivity contribution in [3.05, 3.63) is 36.4 Å². The van der Waals surface area contributed by atoms with Crippen molar-refractivity contribution in [1.82, 2.24) is 5.32 Å². The van der Waals surface area contributed by atoms with Crippen LogP contribution in [0.5, 0.6) is 0 Å². The monoisotopic (exact) mass is 361 g/mol. The van der Waals surface area contributed by atoms with Crippen molar-refractivity contribution in [1.29, 1.82) is 0 Å². The minimum absolute atomic E-state index is 0.246. The minimum atomic E-state index is -0.673. The van der Waals surface area contributed by atoms with Crippen molar-refractivity contribution in [2.45, 2.75) is 40.2 Å². The first-order valence-corrected chi connectivity index (χ1v) is 8.42. The number of alkyl carbamates (subject to hydrolysis) is 1. The van der Waals surface area contributed by atoms with E-state index in [0.29, 0.717) is 11.4 Å². The van der Waals surface area contributed by atoms with Crippen molar-refractivity contribution in [2.75, 3.05) is 17.2 Å². The first-order valence-electron chi connectivity index (χ1n) is 8.42. The highest BCUT2D eigenvalue weighted by atomic mass is 16.6. The van der Waals surface area contributed by atoms with E-state index in [1.165, 1.54) is 6.08 Å². The molecule has 7 nitrogen and oxygen atoms in total. The predicted molar refractivity (Wildman–Crippen MR) is 102 cm³/mol. The van der Waals surface area contributed by atoms with Crippen molar-refractivity contribution in [3.63, 3.8) is 0 Å². The van der Waals surface area contributed by atoms with E-state index < -0.39 is 17.6 Å². The summed E-state index contributed by atoms with van der Waals surface area (Å²) in [4.78, 5) is 35.5. The summed E-state index contributed by atoms with van der Waals surface area (Å²) in [7, 11) is 0. The number of carbonyl (C=O) groups excluding carboxylic acids is 3. The van der Waals surface area contributed by atoms with Gasteiger partial charge in [0.1, 0.15) is 12.1 Å². The van der Waals surface area contributed by atoms with E-state index >= 15 is 0 Å². The van der Waals surface area contributed by atoms with Crippen molar-refractivity contribution in [2.24, 2.45) is 5.92 Å². The summed E-state index contributed by atoms with van der Waals surface area (Å²) in [6.07, 6.45) is 2.56. The van der Waals surface area contributed by atoms with E-state index in [0.717, 1.165) is 0 Å². The zero-order valence-electron chi connectivity index (χ0n) is 15.9. The van der Waals surface area contributed by atoms with Crippen LogP contribution in [0.3, 0.4) is 0 Å². The molecule has 3 N–H and O–H groups in total. The molecule has 3 amide bonds. The van der Waals surface area contributed by atoms with Gasteiger partial charge in [-0.15, -0.1) is 0 Å². The van der Waals surface area contributed by atoms with E-state index in [9.17, 15) is 14.4 Å². The number of nitrogens with one attached hydrogen (secondary N) is 3. The maximum absolute atomic E-state index is 12.0. The maximum atomic E-state index is 12.0. The molecule has 1 rings (SSSR count). The highest BCUT2D eigenvalue weighted by Crippen LogP contribution is 2.20. The molecule has 1 aromatic rings. The average molecular weight is 361 g/mol. The Hall–Kier alpha value is -2.83. The van der Waals surface area contributed by atoms with Crippen LogP contribution in [0.2, 0.25) is 0 Å². The molecule has 142 valence electrons. The third kappa shape index (κ3) is 8.86. The number of carbonyl (C=O) groups is 3. The van der Waals surface area contributed by atoms with Gasteiger partial charge in [-0.3, -0.25) is 9.59 Å². The Kier molecular flexibility index (Phi) is 7.83. The normalized spacial score (nSPS) is 11.3. The van der Waals surface area contributed by atoms with E-state index in [2.05, 4.69) is 16.0 Å². The van der Waals surface area contributed by atoms with E-state index in [4.69, 9.17) is 4.74 Å². The van der Waals surface area contributed by atoms with Crippen molar-refractivity contribution >= 4 is 29.3 Å². The van der Waals surface area contributed by atoms with Gasteiger partial charge in [-0.2, -0.15) is 0 Å². The van der Waals surface area contributed by atoms with Gasteiger partial charge in [0.25, 0.3) is 0 Å². The fourth-order valence-electron chi connectivity index (χ4n) is 1.82. The Labute approximate surface area is 154 Å². The SMILES string of the molecule is CC(C)/C=C/C(=O)Nc1ccccc1NC(=O)CNC(=O)OC(C)(C)C. The topological polar surface area (TPSA) is 96.5 Å². The summed E-state index contributed by atoms with van der Waals surface area (Å²) in [5, 5.41) is 7.75. The number of amides is 3. The van der Waals surface area contributed by atoms with Gasteiger partial charge in [0.05, 0.1) is 11.4 Å². The molecule has 1 aromatic carbocycles. The predicted octanol–water partition coefficient (Wildman–Crippen LogP) is 3.30. The van der Waals surface area contributed by atoms with Gasteiger partial charge < -0.3 is 20.7 Å². The summed E-state index contributed by atoms with van der Waals surface area (Å²) in [5.41, 5.74) is 0.271. The molecule has 0 aromatic heterocycles. The summed E-state index contributed by atoms with van der Waals surface area (Å²) in [6, 6.07) is 6.82. The van der Waals surface area contributed by atoms with Crippen LogP contribution in [0.4, 0.5) is 16.2 Å². The van der Waals surface area contributed by atoms with E-state index in [1.807, 2.05) is 13.8 Å². The fourth-order valence-corrected chi connectivity index (χ4v) is 1.82. The standard InChI is InChI=1S/C19H27N3O4/c1-13(2)10-11-16(23)21-14-8-6-7-9-15(14)22-17(24)12-20-18(25)26-19(3,4)5/h6-11,13H,12H2,1-5H3,(H,20,25)(H,21,23)(H,22,24)/b11-10+. The summed E-state index contributed by atoms with van der Waals surface area (Å²) >= 11 is 0. The highest BCUT2D eigenvalue weighted by molar-refractivity contribution is 6.04. The Bertz CT molecular complexity index is 676. The molecule has 0 saturated carbocycles. The molecule has 0 bridgehead atoms. The van der Waals surface area contributed by atoms with Crippen LogP contribution in [-0.4, -0.2) is 30.1 Å². The molecule has 0 unspecified atom stereocenters. The van der Waals surface area contributed by atoms with Gasteiger partial charge in [0, 0.05) is 0 Å². The number of hydrogen-bond donors (Lipinski definition) is 3. The number of ether oxygens (including phenoxy) is 1. The van der Waals surface area contributed by atoms with Crippen LogP contribution in [0.25, 0.3) is 0 Å². The van der Waals surface area contributed by atoms with E-state index in [-0.39, 0.29) is 18.4 Å². The Morgan fingerprint density at radius 2 is 1.65 bits per heavy atom. The molecule has 0 spiro atoms. The molecular weight excluding hydrogens is 334 g/mol. The number of allylic oxidation sites excluding steroid dienone is 1. The average Bonchev–Trinajstić information content (AvgIpc) is 2.51. The smallest absolute Gasteiger partial charge is 0.408 e. The summed E-state index contributed by atoms with van der Waals surface area (Å²) < 4.78 is 5.07. The second kappa shape index (κ2) is 9.60. The van der Waals surface area contributed by atoms with Crippen LogP contribution >= 0.6 is 0 Å². The second-order valence-corrected chi connectivity index (χ2v) is 7.04. The highest BCUT2D eigenvalue weighted by Gasteiger charge is 2.17. The van der Waals surface area contributed by atoms with Crippen molar-refractivity contribution in [3.8, 4) is 0 Å². The molecule has 7 heteroatoms. The van der Waals surface area contributed by atoms with Gasteiger partial charge in [-0.05, 0) is 44.9 Å². The quantitative estimate of drug-likeness (QED) is 0.677. The minimum Gasteiger partial charge on any atom is -0.444 e. The molecular formula is C19H27N3O4. The first-order chi connectivity index (χ1) is 12.1. The zero-order valence-corrected chi connectivity index (χ0v) is 15.9. The molecule has 0 radical (unpaired) electrons. The van der Waals surface area contributed by atoms with Crippen LogP contribution < -0.4 is 16.0 Å². The second-order valence-electron chi connectivity index (χ2n) is 7.04. The lowest BCUT2D eigenvalue weighted by molar-refractivity contribution is -0.115. The number of para-hydroxylation sites is 2. The van der Waals surface area contributed by atoms with Gasteiger partial charge >= 0.3 is 6.09 Å². The molecule has 0 heterocycles. The molecule has 26 heavy (non-hydrogen) atoms. The molecule has 0 aliphatic heterocycles. The lowest BCUT2D eigenvalue weighted by Crippen LogP contribution is -2.37. The lowest BCUT2D eigenvalue weighted by atomic mass is 10.2. The third-order valence-corrected chi connectivity index (χ3v) is 2.88. The van der Waals surface area contributed by atoms with Gasteiger partial charge in [0.2, 0.25) is 11.8 Å². The van der Waals surface area contributed by atoms with Crippen LogP contribution in [0, 0.1) is 5.92 Å². The van der Waals surface area contributed by atoms with Gasteiger partial charge in [0.15, 0.2) is 0 Å². The summed E-state index contributed by atoms with van der Waals surface area (Å²) in [5.74, 6) is -0.461. The molecule has 0 aliphatic rings. The largest absolute Gasteiger partial charge is 0.444 e. The Balaban J connectivity index is 2.63. The molecule has 0 atom stereocenters. The number of rotatable bonds is 6.